The number of fused-ring (bicyclic) bond motifs is 3. The smallest absolute Gasteiger partial charge is 0.410 e. The van der Waals surface area contributed by atoms with Crippen molar-refractivity contribution < 1.29 is 14.6 Å². The third-order valence-corrected chi connectivity index (χ3v) is 6.08. The molecule has 1 N–H and O–H groups in total. The van der Waals surface area contributed by atoms with Crippen LogP contribution in [-0.2, 0) is 18.2 Å². The van der Waals surface area contributed by atoms with Crippen LogP contribution in [0.4, 0.5) is 4.79 Å². The predicted octanol–water partition coefficient (Wildman–Crippen LogP) is 2.87. The highest BCUT2D eigenvalue weighted by molar-refractivity contribution is 6.06. The van der Waals surface area contributed by atoms with Gasteiger partial charge < -0.3 is 14.7 Å². The van der Waals surface area contributed by atoms with Gasteiger partial charge in [0.05, 0.1) is 23.9 Å². The van der Waals surface area contributed by atoms with Gasteiger partial charge in [-0.15, -0.1) is 0 Å². The molecule has 0 atom stereocenters. The van der Waals surface area contributed by atoms with Crippen LogP contribution in [0.5, 0.6) is 0 Å². The number of aliphatic hydroxyl groups is 1. The molecule has 0 saturated carbocycles. The first-order chi connectivity index (χ1) is 15.6. The zero-order valence-corrected chi connectivity index (χ0v) is 19.5. The molecule has 174 valence electrons. The number of pyridine rings is 1. The van der Waals surface area contributed by atoms with Crippen LogP contribution in [-0.4, -0.2) is 55.7 Å². The molecule has 1 aromatic carbocycles. The number of nitrogens with zero attached hydrogens (tertiary/aromatic N) is 5. The maximum atomic E-state index is 13.3. The summed E-state index contributed by atoms with van der Waals surface area (Å²) in [5, 5.41) is 25.6. The van der Waals surface area contributed by atoms with Gasteiger partial charge in [-0.2, -0.15) is 10.4 Å². The number of aryl methyl sites for hydroxylation is 1. The van der Waals surface area contributed by atoms with Gasteiger partial charge in [0.2, 0.25) is 0 Å². The average Bonchev–Trinajstić information content (AvgIpc) is 3.21. The number of rotatable bonds is 3. The maximum Gasteiger partial charge on any atom is 0.410 e. The van der Waals surface area contributed by atoms with Crippen LogP contribution in [0.1, 0.15) is 50.8 Å². The lowest BCUT2D eigenvalue weighted by molar-refractivity contribution is 0.0186. The molecule has 1 fully saturated rings. The minimum atomic E-state index is -0.539. The number of ether oxygens (including phenoxy) is 1. The van der Waals surface area contributed by atoms with Crippen LogP contribution in [0.3, 0.4) is 0 Å². The summed E-state index contributed by atoms with van der Waals surface area (Å²) in [5.74, 6) is 0. The monoisotopic (exact) mass is 451 g/mol. The number of nitriles is 1. The molecule has 4 rings (SSSR count). The molecule has 3 aromatic rings. The van der Waals surface area contributed by atoms with Crippen molar-refractivity contribution in [1.82, 2.24) is 19.2 Å². The summed E-state index contributed by atoms with van der Waals surface area (Å²) in [7, 11) is 1.71. The van der Waals surface area contributed by atoms with Crippen LogP contribution in [0.25, 0.3) is 21.8 Å². The summed E-state index contributed by atoms with van der Waals surface area (Å²) in [6.45, 7) is 6.56. The average molecular weight is 452 g/mol. The molecule has 9 heteroatoms. The molecule has 3 heterocycles. The van der Waals surface area contributed by atoms with Crippen LogP contribution < -0.4 is 5.56 Å². The normalized spacial score (nSPS) is 15.2. The van der Waals surface area contributed by atoms with E-state index in [9.17, 15) is 20.0 Å². The Morgan fingerprint density at radius 2 is 1.97 bits per heavy atom. The Bertz CT molecular complexity index is 1320. The van der Waals surface area contributed by atoms with E-state index in [1.165, 1.54) is 0 Å². The predicted molar refractivity (Wildman–Crippen MR) is 124 cm³/mol. The Balaban J connectivity index is 1.74. The van der Waals surface area contributed by atoms with E-state index >= 15 is 0 Å². The summed E-state index contributed by atoms with van der Waals surface area (Å²) in [4.78, 5) is 27.4. The lowest BCUT2D eigenvalue weighted by Crippen LogP contribution is -2.42. The quantitative estimate of drug-likeness (QED) is 0.655. The first-order valence-corrected chi connectivity index (χ1v) is 11.2. The van der Waals surface area contributed by atoms with E-state index in [0.29, 0.717) is 48.9 Å². The van der Waals surface area contributed by atoms with Crippen molar-refractivity contribution in [1.29, 1.82) is 5.26 Å². The number of amides is 1. The fraction of sp³-hybridized carbons (Fsp3) is 0.500. The van der Waals surface area contributed by atoms with Crippen molar-refractivity contribution in [2.24, 2.45) is 7.05 Å². The molecule has 1 aliphatic rings. The van der Waals surface area contributed by atoms with E-state index in [1.807, 2.05) is 25.5 Å². The van der Waals surface area contributed by atoms with Crippen molar-refractivity contribution in [2.45, 2.75) is 51.7 Å². The van der Waals surface area contributed by atoms with Gasteiger partial charge in [-0.1, -0.05) is 0 Å². The van der Waals surface area contributed by atoms with Gasteiger partial charge in [0.25, 0.3) is 5.56 Å². The van der Waals surface area contributed by atoms with Gasteiger partial charge in [-0.3, -0.25) is 9.36 Å². The lowest BCUT2D eigenvalue weighted by atomic mass is 9.98. The van der Waals surface area contributed by atoms with Gasteiger partial charge >= 0.3 is 6.09 Å². The zero-order valence-electron chi connectivity index (χ0n) is 19.5. The number of hydrogen-bond donors (Lipinski definition) is 1. The van der Waals surface area contributed by atoms with Crippen molar-refractivity contribution in [2.75, 3.05) is 19.7 Å². The van der Waals surface area contributed by atoms with Crippen LogP contribution in [0, 0.1) is 11.3 Å². The second kappa shape index (κ2) is 8.52. The molecule has 1 amide bonds. The van der Waals surface area contributed by atoms with Crippen LogP contribution >= 0.6 is 0 Å². The van der Waals surface area contributed by atoms with E-state index in [1.54, 1.807) is 34.8 Å². The Morgan fingerprint density at radius 1 is 1.27 bits per heavy atom. The van der Waals surface area contributed by atoms with E-state index in [-0.39, 0.29) is 24.3 Å². The zero-order chi connectivity index (χ0) is 23.9. The molecular formula is C24H29N5O4. The summed E-state index contributed by atoms with van der Waals surface area (Å²) in [6.07, 6.45) is 3.17. The van der Waals surface area contributed by atoms with Gasteiger partial charge in [-0.25, -0.2) is 9.48 Å². The summed E-state index contributed by atoms with van der Waals surface area (Å²) in [5.41, 5.74) is 1.11. The number of likely N-dealkylation sites (tertiary alicyclic amines) is 1. The van der Waals surface area contributed by atoms with Gasteiger partial charge in [0.15, 0.2) is 0 Å². The molecule has 1 aliphatic heterocycles. The van der Waals surface area contributed by atoms with E-state index in [0.717, 1.165) is 16.3 Å². The van der Waals surface area contributed by atoms with Crippen molar-refractivity contribution in [3.05, 3.63) is 39.8 Å². The highest BCUT2D eigenvalue weighted by atomic mass is 16.6. The number of benzene rings is 1. The number of aromatic nitrogens is 3. The number of aliphatic hydroxyl groups excluding tert-OH is 1. The molecule has 9 nitrogen and oxygen atoms in total. The van der Waals surface area contributed by atoms with E-state index in [2.05, 4.69) is 11.2 Å². The topological polar surface area (TPSA) is 113 Å². The van der Waals surface area contributed by atoms with Gasteiger partial charge in [0.1, 0.15) is 11.2 Å². The number of carbonyl (C=O) groups excluding carboxylic acids is 1. The fourth-order valence-corrected chi connectivity index (χ4v) is 4.60. The first kappa shape index (κ1) is 22.8. The molecule has 0 radical (unpaired) electrons. The molecule has 0 aliphatic carbocycles. The van der Waals surface area contributed by atoms with Crippen LogP contribution in [0.2, 0.25) is 0 Å². The Morgan fingerprint density at radius 3 is 2.58 bits per heavy atom. The highest BCUT2D eigenvalue weighted by Gasteiger charge is 2.29. The summed E-state index contributed by atoms with van der Waals surface area (Å²) >= 11 is 0. The minimum absolute atomic E-state index is 0.0314. The summed E-state index contributed by atoms with van der Waals surface area (Å²) in [6, 6.07) is 5.47. The number of hydrogen-bond acceptors (Lipinski definition) is 6. The van der Waals surface area contributed by atoms with Gasteiger partial charge in [-0.05, 0) is 57.7 Å². The van der Waals surface area contributed by atoms with E-state index in [4.69, 9.17) is 4.74 Å². The molecule has 0 bridgehead atoms. The van der Waals surface area contributed by atoms with E-state index < -0.39 is 5.60 Å². The molecule has 0 unspecified atom stereocenters. The Kier molecular flexibility index (Phi) is 5.89. The Hall–Kier alpha value is -3.38. The molecule has 33 heavy (non-hydrogen) atoms. The first-order valence-electron chi connectivity index (χ1n) is 11.2. The third kappa shape index (κ3) is 4.18. The number of carbonyl (C=O) groups is 1. The van der Waals surface area contributed by atoms with Crippen LogP contribution in [0.15, 0.2) is 23.1 Å². The standard InChI is InChI=1S/C24H29N5O4/c1-24(2,3)33-23(32)28-8-5-17(6-9-28)29-21-19(14-26-29)20-16(7-10-30)11-15(13-25)12-18(20)22(31)27(21)4/h11-12,14,17,30H,5-10H2,1-4H3. The maximum absolute atomic E-state index is 13.3. The highest BCUT2D eigenvalue weighted by Crippen LogP contribution is 2.31. The third-order valence-electron chi connectivity index (χ3n) is 6.08. The largest absolute Gasteiger partial charge is 0.444 e. The fourth-order valence-electron chi connectivity index (χ4n) is 4.60. The SMILES string of the molecule is Cn1c(=O)c2cc(C#N)cc(CCO)c2c2cnn(C3CCN(C(=O)OC(C)(C)C)CC3)c21. The molecule has 2 aromatic heterocycles. The molecule has 0 spiro atoms. The molecule has 1 saturated heterocycles. The minimum Gasteiger partial charge on any atom is -0.444 e. The van der Waals surface area contributed by atoms with Gasteiger partial charge in [0, 0.05) is 42.9 Å². The van der Waals surface area contributed by atoms with Crippen molar-refractivity contribution in [3.63, 3.8) is 0 Å². The number of piperidine rings is 1. The van der Waals surface area contributed by atoms with Crippen molar-refractivity contribution >= 4 is 27.9 Å². The molecular weight excluding hydrogens is 422 g/mol. The Labute approximate surface area is 191 Å². The lowest BCUT2D eigenvalue weighted by Gasteiger charge is -2.33. The van der Waals surface area contributed by atoms with Crippen molar-refractivity contribution in [3.8, 4) is 6.07 Å². The second-order valence-corrected chi connectivity index (χ2v) is 9.53. The summed E-state index contributed by atoms with van der Waals surface area (Å²) < 4.78 is 8.94. The second-order valence-electron chi connectivity index (χ2n) is 9.53.